The molecule has 2 N–H and O–H groups in total. The van der Waals surface area contributed by atoms with Gasteiger partial charge in [0, 0.05) is 16.6 Å². The van der Waals surface area contributed by atoms with E-state index < -0.39 is 45.1 Å². The third-order valence-electron chi connectivity index (χ3n) is 6.10. The second kappa shape index (κ2) is 11.3. The highest BCUT2D eigenvalue weighted by atomic mass is 35.5. The van der Waals surface area contributed by atoms with Crippen molar-refractivity contribution in [2.75, 3.05) is 10.7 Å². The van der Waals surface area contributed by atoms with Crippen molar-refractivity contribution in [2.24, 2.45) is 5.92 Å². The number of rotatable bonds is 6. The summed E-state index contributed by atoms with van der Waals surface area (Å²) < 4.78 is 32.1. The molecule has 9 nitrogen and oxygen atoms in total. The Morgan fingerprint density at radius 1 is 1.11 bits per heavy atom. The number of hydrogen-bond acceptors (Lipinski definition) is 6. The lowest BCUT2D eigenvalue weighted by Gasteiger charge is -2.27. The van der Waals surface area contributed by atoms with Crippen molar-refractivity contribution in [1.29, 1.82) is 0 Å². The quantitative estimate of drug-likeness (QED) is 0.539. The van der Waals surface area contributed by atoms with Crippen LogP contribution in [0.4, 0.5) is 10.5 Å². The van der Waals surface area contributed by atoms with Crippen LogP contribution in [0.2, 0.25) is 5.02 Å². The minimum absolute atomic E-state index is 0.0154. The van der Waals surface area contributed by atoms with E-state index in [-0.39, 0.29) is 34.7 Å². The highest BCUT2D eigenvalue weighted by molar-refractivity contribution is 7.91. The Morgan fingerprint density at radius 3 is 2.32 bits per heavy atom. The lowest BCUT2D eigenvalue weighted by atomic mass is 10.1. The number of nitrogens with one attached hydrogen (secondary N) is 2. The SMILES string of the molecule is CC(C)C(C)NC(=O)c1ccc2c(c1)N(Cc1ccc(Cl)cc1)C(=O)[C@@H](NC(=O)OC(C)(C)C)CS2(=O)=O. The Bertz CT molecular complexity index is 1320. The fourth-order valence-corrected chi connectivity index (χ4v) is 5.50. The van der Waals surface area contributed by atoms with Crippen LogP contribution in [0.25, 0.3) is 0 Å². The number of sulfone groups is 1. The van der Waals surface area contributed by atoms with Crippen molar-refractivity contribution >= 4 is 45.0 Å². The Labute approximate surface area is 228 Å². The summed E-state index contributed by atoms with van der Waals surface area (Å²) in [5.74, 6) is -1.52. The highest BCUT2D eigenvalue weighted by Crippen LogP contribution is 2.33. The molecule has 1 aliphatic rings. The zero-order valence-corrected chi connectivity index (χ0v) is 23.9. The number of ether oxygens (including phenoxy) is 1. The van der Waals surface area contributed by atoms with Gasteiger partial charge in [0.1, 0.15) is 11.6 Å². The Morgan fingerprint density at radius 2 is 1.74 bits per heavy atom. The minimum atomic E-state index is -4.05. The number of carbonyl (C=O) groups is 3. The van der Waals surface area contributed by atoms with Crippen molar-refractivity contribution < 1.29 is 27.5 Å². The summed E-state index contributed by atoms with van der Waals surface area (Å²) in [6, 6.07) is 9.36. The third-order valence-corrected chi connectivity index (χ3v) is 8.14. The maximum Gasteiger partial charge on any atom is 0.408 e. The smallest absolute Gasteiger partial charge is 0.408 e. The van der Waals surface area contributed by atoms with Gasteiger partial charge in [-0.15, -0.1) is 0 Å². The predicted molar refractivity (Wildman–Crippen MR) is 146 cm³/mol. The average Bonchev–Trinajstić information content (AvgIpc) is 2.87. The van der Waals surface area contributed by atoms with Gasteiger partial charge in [-0.3, -0.25) is 9.59 Å². The molecule has 1 heterocycles. The largest absolute Gasteiger partial charge is 0.444 e. The van der Waals surface area contributed by atoms with E-state index in [0.29, 0.717) is 10.6 Å². The van der Waals surface area contributed by atoms with Crippen molar-refractivity contribution in [1.82, 2.24) is 10.6 Å². The van der Waals surface area contributed by atoms with E-state index in [4.69, 9.17) is 16.3 Å². The highest BCUT2D eigenvalue weighted by Gasteiger charge is 2.39. The Kier molecular flexibility index (Phi) is 8.78. The second-order valence-electron chi connectivity index (χ2n) is 10.7. The number of nitrogens with zero attached hydrogens (tertiary/aromatic N) is 1. The monoisotopic (exact) mass is 563 g/mol. The molecule has 0 fully saturated rings. The fourth-order valence-electron chi connectivity index (χ4n) is 3.77. The first-order chi connectivity index (χ1) is 17.6. The van der Waals surface area contributed by atoms with Gasteiger partial charge in [-0.2, -0.15) is 0 Å². The zero-order chi connectivity index (χ0) is 28.4. The van der Waals surface area contributed by atoms with Gasteiger partial charge in [-0.05, 0) is 69.5 Å². The standard InChI is InChI=1S/C27H34ClN3O6S/c1-16(2)17(3)29-24(32)19-9-12-23-22(13-19)31(14-18-7-10-20(28)11-8-18)25(33)21(15-38(23,35)36)30-26(34)37-27(4,5)6/h7-13,16-17,21H,14-15H2,1-6H3,(H,29,32)(H,30,34)/t17?,21-/m0/s1. The van der Waals surface area contributed by atoms with E-state index >= 15 is 0 Å². The zero-order valence-electron chi connectivity index (χ0n) is 22.4. The molecule has 0 saturated carbocycles. The van der Waals surface area contributed by atoms with Crippen molar-refractivity contribution in [3.05, 3.63) is 58.6 Å². The normalized spacial score (nSPS) is 17.8. The van der Waals surface area contributed by atoms with Crippen LogP contribution in [0.5, 0.6) is 0 Å². The first-order valence-electron chi connectivity index (χ1n) is 12.3. The molecule has 1 aliphatic heterocycles. The van der Waals surface area contributed by atoms with Gasteiger partial charge in [-0.1, -0.05) is 37.6 Å². The first kappa shape index (κ1) is 29.4. The molecule has 3 rings (SSSR count). The number of halogens is 1. The van der Waals surface area contributed by atoms with E-state index in [0.717, 1.165) is 0 Å². The van der Waals surface area contributed by atoms with Gasteiger partial charge in [-0.25, -0.2) is 13.2 Å². The molecular weight excluding hydrogens is 530 g/mol. The maximum absolute atomic E-state index is 13.8. The molecule has 0 aromatic heterocycles. The fraction of sp³-hybridized carbons (Fsp3) is 0.444. The molecule has 2 aromatic carbocycles. The molecule has 2 atom stereocenters. The maximum atomic E-state index is 13.8. The predicted octanol–water partition coefficient (Wildman–Crippen LogP) is 4.33. The number of fused-ring (bicyclic) bond motifs is 1. The summed E-state index contributed by atoms with van der Waals surface area (Å²) in [6.07, 6.45) is -0.911. The molecule has 38 heavy (non-hydrogen) atoms. The van der Waals surface area contributed by atoms with Gasteiger partial charge < -0.3 is 20.3 Å². The van der Waals surface area contributed by atoms with Crippen LogP contribution in [-0.4, -0.2) is 49.8 Å². The minimum Gasteiger partial charge on any atom is -0.444 e. The summed E-state index contributed by atoms with van der Waals surface area (Å²) in [5, 5.41) is 5.82. The second-order valence-corrected chi connectivity index (χ2v) is 13.2. The first-order valence-corrected chi connectivity index (χ1v) is 14.3. The topological polar surface area (TPSA) is 122 Å². The summed E-state index contributed by atoms with van der Waals surface area (Å²) in [6.45, 7) is 10.8. The van der Waals surface area contributed by atoms with Gasteiger partial charge in [0.25, 0.3) is 11.8 Å². The van der Waals surface area contributed by atoms with E-state index in [1.807, 2.05) is 20.8 Å². The lowest BCUT2D eigenvalue weighted by Crippen LogP contribution is -2.51. The van der Waals surface area contributed by atoms with E-state index in [1.54, 1.807) is 45.0 Å². The molecule has 2 aromatic rings. The number of amides is 3. The summed E-state index contributed by atoms with van der Waals surface area (Å²) in [5.41, 5.74) is 0.0902. The van der Waals surface area contributed by atoms with E-state index in [1.165, 1.54) is 23.1 Å². The van der Waals surface area contributed by atoms with Crippen LogP contribution < -0.4 is 15.5 Å². The lowest BCUT2D eigenvalue weighted by molar-refractivity contribution is -0.120. The average molecular weight is 564 g/mol. The van der Waals surface area contributed by atoms with Crippen LogP contribution in [0.15, 0.2) is 47.4 Å². The van der Waals surface area contributed by atoms with Crippen molar-refractivity contribution in [2.45, 2.75) is 70.7 Å². The van der Waals surface area contributed by atoms with Gasteiger partial charge in [0.05, 0.1) is 22.9 Å². The van der Waals surface area contributed by atoms with Gasteiger partial charge in [0.15, 0.2) is 9.84 Å². The van der Waals surface area contributed by atoms with E-state index in [2.05, 4.69) is 10.6 Å². The molecule has 0 spiro atoms. The van der Waals surface area contributed by atoms with Crippen molar-refractivity contribution in [3.8, 4) is 0 Å². The van der Waals surface area contributed by atoms with Gasteiger partial charge >= 0.3 is 6.09 Å². The number of hydrogen-bond donors (Lipinski definition) is 2. The van der Waals surface area contributed by atoms with Crippen LogP contribution in [0.1, 0.15) is 57.5 Å². The number of alkyl carbamates (subject to hydrolysis) is 1. The molecule has 0 bridgehead atoms. The molecule has 1 unspecified atom stereocenters. The number of anilines is 1. The van der Waals surface area contributed by atoms with Crippen LogP contribution in [0.3, 0.4) is 0 Å². The molecular formula is C27H34ClN3O6S. The number of benzene rings is 2. The van der Waals surface area contributed by atoms with Crippen LogP contribution in [-0.2, 0) is 25.9 Å². The van der Waals surface area contributed by atoms with Crippen molar-refractivity contribution in [3.63, 3.8) is 0 Å². The Balaban J connectivity index is 2.08. The molecule has 0 aliphatic carbocycles. The summed E-state index contributed by atoms with van der Waals surface area (Å²) >= 11 is 6.01. The third kappa shape index (κ3) is 7.26. The summed E-state index contributed by atoms with van der Waals surface area (Å²) in [4.78, 5) is 40.4. The molecule has 11 heteroatoms. The molecule has 0 radical (unpaired) electrons. The van der Waals surface area contributed by atoms with E-state index in [9.17, 15) is 22.8 Å². The number of carbonyl (C=O) groups excluding carboxylic acids is 3. The van der Waals surface area contributed by atoms with Crippen LogP contribution >= 0.6 is 11.6 Å². The summed E-state index contributed by atoms with van der Waals surface area (Å²) in [7, 11) is -4.05. The molecule has 0 saturated heterocycles. The Hall–Kier alpha value is -3.11. The molecule has 3 amide bonds. The molecule has 206 valence electrons. The van der Waals surface area contributed by atoms with Crippen LogP contribution in [0, 0.1) is 5.92 Å². The van der Waals surface area contributed by atoms with Gasteiger partial charge in [0.2, 0.25) is 0 Å².